The average Bonchev–Trinajstić information content (AvgIpc) is 2.62. The van der Waals surface area contributed by atoms with Crippen LogP contribution in [0.15, 0.2) is 35.3 Å². The van der Waals surface area contributed by atoms with E-state index in [1.54, 1.807) is 31.4 Å². The first-order valence-electron chi connectivity index (χ1n) is 7.21. The van der Waals surface area contributed by atoms with Gasteiger partial charge in [-0.05, 0) is 19.1 Å². The zero-order chi connectivity index (χ0) is 17.7. The minimum absolute atomic E-state index is 0.0204. The quantitative estimate of drug-likeness (QED) is 0.803. The third-order valence-corrected chi connectivity index (χ3v) is 3.80. The van der Waals surface area contributed by atoms with Crippen LogP contribution in [0.25, 0.3) is 5.69 Å². The molecule has 0 radical (unpaired) electrons. The van der Waals surface area contributed by atoms with E-state index in [0.717, 1.165) is 4.68 Å². The van der Waals surface area contributed by atoms with Crippen molar-refractivity contribution in [2.24, 2.45) is 0 Å². The van der Waals surface area contributed by atoms with E-state index >= 15 is 0 Å². The van der Waals surface area contributed by atoms with Crippen LogP contribution < -0.4 is 10.9 Å². The second-order valence-corrected chi connectivity index (χ2v) is 5.40. The highest BCUT2D eigenvalue weighted by atomic mass is 35.5. The van der Waals surface area contributed by atoms with Crippen LogP contribution in [0.3, 0.4) is 0 Å². The molecule has 0 aliphatic rings. The molecule has 7 nitrogen and oxygen atoms in total. The lowest BCUT2D eigenvalue weighted by Crippen LogP contribution is -2.26. The summed E-state index contributed by atoms with van der Waals surface area (Å²) in [5.74, 6) is -0.563. The van der Waals surface area contributed by atoms with Crippen LogP contribution in [-0.4, -0.2) is 42.6 Å². The first-order valence-corrected chi connectivity index (χ1v) is 7.59. The number of aromatic nitrogens is 2. The maximum Gasteiger partial charge on any atom is 0.340 e. The summed E-state index contributed by atoms with van der Waals surface area (Å²) in [5.41, 5.74) is 0.382. The molecule has 2 rings (SSSR count). The second kappa shape index (κ2) is 7.94. The fourth-order valence-corrected chi connectivity index (χ4v) is 2.20. The predicted octanol–water partition coefficient (Wildman–Crippen LogP) is 2.12. The van der Waals surface area contributed by atoms with Gasteiger partial charge < -0.3 is 14.8 Å². The Balaban J connectivity index is 2.42. The van der Waals surface area contributed by atoms with E-state index in [1.165, 1.54) is 13.3 Å². The van der Waals surface area contributed by atoms with Crippen molar-refractivity contribution in [1.82, 2.24) is 9.78 Å². The SMILES string of the molecule is COC(=O)c1ccccc1-n1ncc(NCC(C)OC)c(Cl)c1=O. The molecule has 0 amide bonds. The number of nitrogens with zero attached hydrogens (tertiary/aromatic N) is 2. The van der Waals surface area contributed by atoms with Gasteiger partial charge in [0, 0.05) is 13.7 Å². The third-order valence-electron chi connectivity index (χ3n) is 3.44. The average molecular weight is 352 g/mol. The maximum atomic E-state index is 12.5. The summed E-state index contributed by atoms with van der Waals surface area (Å²) < 4.78 is 10.9. The summed E-state index contributed by atoms with van der Waals surface area (Å²) in [6.07, 6.45) is 1.38. The first kappa shape index (κ1) is 18.0. The topological polar surface area (TPSA) is 82.5 Å². The van der Waals surface area contributed by atoms with Gasteiger partial charge >= 0.3 is 5.97 Å². The number of hydrogen-bond acceptors (Lipinski definition) is 6. The van der Waals surface area contributed by atoms with Crippen molar-refractivity contribution in [2.75, 3.05) is 26.1 Å². The summed E-state index contributed by atoms with van der Waals surface area (Å²) in [7, 11) is 2.86. The van der Waals surface area contributed by atoms with E-state index in [-0.39, 0.29) is 16.7 Å². The number of para-hydroxylation sites is 1. The maximum absolute atomic E-state index is 12.5. The number of ether oxygens (including phenoxy) is 2. The monoisotopic (exact) mass is 351 g/mol. The van der Waals surface area contributed by atoms with Crippen LogP contribution in [0.1, 0.15) is 17.3 Å². The van der Waals surface area contributed by atoms with Crippen LogP contribution in [0, 0.1) is 0 Å². The lowest BCUT2D eigenvalue weighted by Gasteiger charge is -2.14. The van der Waals surface area contributed by atoms with Gasteiger partial charge in [0.2, 0.25) is 0 Å². The van der Waals surface area contributed by atoms with Crippen molar-refractivity contribution in [3.63, 3.8) is 0 Å². The van der Waals surface area contributed by atoms with E-state index in [0.29, 0.717) is 17.9 Å². The predicted molar refractivity (Wildman–Crippen MR) is 91.1 cm³/mol. The van der Waals surface area contributed by atoms with E-state index < -0.39 is 11.5 Å². The Morgan fingerprint density at radius 2 is 2.08 bits per heavy atom. The fraction of sp³-hybridized carbons (Fsp3) is 0.312. The van der Waals surface area contributed by atoms with Crippen molar-refractivity contribution >= 4 is 23.3 Å². The van der Waals surface area contributed by atoms with Crippen molar-refractivity contribution < 1.29 is 14.3 Å². The zero-order valence-electron chi connectivity index (χ0n) is 13.6. The molecule has 0 saturated heterocycles. The van der Waals surface area contributed by atoms with E-state index in [4.69, 9.17) is 21.1 Å². The molecule has 1 N–H and O–H groups in total. The van der Waals surface area contributed by atoms with Crippen LogP contribution >= 0.6 is 11.6 Å². The molecular weight excluding hydrogens is 334 g/mol. The minimum Gasteiger partial charge on any atom is -0.465 e. The number of benzene rings is 1. The molecule has 8 heteroatoms. The molecule has 1 aromatic heterocycles. The van der Waals surface area contributed by atoms with Gasteiger partial charge in [0.15, 0.2) is 0 Å². The molecule has 0 fully saturated rings. The van der Waals surface area contributed by atoms with Gasteiger partial charge in [-0.2, -0.15) is 9.78 Å². The highest BCUT2D eigenvalue weighted by Gasteiger charge is 2.17. The van der Waals surface area contributed by atoms with Crippen molar-refractivity contribution in [3.05, 3.63) is 51.4 Å². The van der Waals surface area contributed by atoms with E-state index in [1.807, 2.05) is 6.92 Å². The number of anilines is 1. The fourth-order valence-electron chi connectivity index (χ4n) is 2.01. The van der Waals surface area contributed by atoms with Gasteiger partial charge in [-0.25, -0.2) is 4.79 Å². The van der Waals surface area contributed by atoms with Crippen LogP contribution in [0.4, 0.5) is 5.69 Å². The molecule has 2 aromatic rings. The normalized spacial score (nSPS) is 11.8. The Bertz CT molecular complexity index is 791. The van der Waals surface area contributed by atoms with Gasteiger partial charge in [-0.3, -0.25) is 4.79 Å². The summed E-state index contributed by atoms with van der Waals surface area (Å²) in [5, 5.41) is 7.09. The molecule has 0 aliphatic carbocycles. The molecule has 0 bridgehead atoms. The highest BCUT2D eigenvalue weighted by molar-refractivity contribution is 6.32. The molecule has 128 valence electrons. The number of hydrogen-bond donors (Lipinski definition) is 1. The molecule has 1 unspecified atom stereocenters. The van der Waals surface area contributed by atoms with Gasteiger partial charge in [0.05, 0.1) is 36.3 Å². The lowest BCUT2D eigenvalue weighted by atomic mass is 10.2. The van der Waals surface area contributed by atoms with E-state index in [9.17, 15) is 9.59 Å². The summed E-state index contributed by atoms with van der Waals surface area (Å²) in [6, 6.07) is 6.51. The Labute approximate surface area is 144 Å². The number of halogens is 1. The van der Waals surface area contributed by atoms with Gasteiger partial charge in [-0.15, -0.1) is 0 Å². The second-order valence-electron chi connectivity index (χ2n) is 5.03. The van der Waals surface area contributed by atoms with Crippen LogP contribution in [-0.2, 0) is 9.47 Å². The summed E-state index contributed by atoms with van der Waals surface area (Å²) >= 11 is 6.15. The molecule has 1 atom stereocenters. The lowest BCUT2D eigenvalue weighted by molar-refractivity contribution is 0.0600. The molecule has 0 spiro atoms. The largest absolute Gasteiger partial charge is 0.465 e. The highest BCUT2D eigenvalue weighted by Crippen LogP contribution is 2.18. The minimum atomic E-state index is -0.563. The number of carbonyl (C=O) groups excluding carboxylic acids is 1. The first-order chi connectivity index (χ1) is 11.5. The Morgan fingerprint density at radius 3 is 2.75 bits per heavy atom. The third kappa shape index (κ3) is 3.74. The summed E-state index contributed by atoms with van der Waals surface area (Å²) in [6.45, 7) is 2.35. The van der Waals surface area contributed by atoms with E-state index in [2.05, 4.69) is 10.4 Å². The van der Waals surface area contributed by atoms with Crippen molar-refractivity contribution in [1.29, 1.82) is 0 Å². The zero-order valence-corrected chi connectivity index (χ0v) is 14.3. The standard InChI is InChI=1S/C16H18ClN3O4/c1-10(23-2)8-18-12-9-19-20(15(21)14(12)17)13-7-5-4-6-11(13)16(22)24-3/h4-7,9-10,18H,8H2,1-3H3. The number of rotatable bonds is 6. The number of methoxy groups -OCH3 is 2. The Hall–Kier alpha value is -2.38. The molecular formula is C16H18ClN3O4. The number of nitrogens with one attached hydrogen (secondary N) is 1. The molecule has 1 aromatic carbocycles. The molecule has 24 heavy (non-hydrogen) atoms. The Kier molecular flexibility index (Phi) is 5.94. The van der Waals surface area contributed by atoms with Gasteiger partial charge in [-0.1, -0.05) is 23.7 Å². The summed E-state index contributed by atoms with van der Waals surface area (Å²) in [4.78, 5) is 24.4. The van der Waals surface area contributed by atoms with Crippen molar-refractivity contribution in [3.8, 4) is 5.69 Å². The van der Waals surface area contributed by atoms with Crippen molar-refractivity contribution in [2.45, 2.75) is 13.0 Å². The smallest absolute Gasteiger partial charge is 0.340 e. The van der Waals surface area contributed by atoms with Crippen LogP contribution in [0.2, 0.25) is 5.02 Å². The number of carbonyl (C=O) groups is 1. The molecule has 0 aliphatic heterocycles. The number of esters is 1. The van der Waals surface area contributed by atoms with Gasteiger partial charge in [0.1, 0.15) is 5.02 Å². The molecule has 0 saturated carbocycles. The van der Waals surface area contributed by atoms with Crippen LogP contribution in [0.5, 0.6) is 0 Å². The molecule has 1 heterocycles. The van der Waals surface area contributed by atoms with Gasteiger partial charge in [0.25, 0.3) is 5.56 Å². The Morgan fingerprint density at radius 1 is 1.38 bits per heavy atom.